The van der Waals surface area contributed by atoms with Crippen LogP contribution in [0.15, 0.2) is 24.3 Å². The van der Waals surface area contributed by atoms with Gasteiger partial charge in [0.15, 0.2) is 5.13 Å². The Morgan fingerprint density at radius 1 is 1.31 bits per heavy atom. The van der Waals surface area contributed by atoms with Gasteiger partial charge in [0.1, 0.15) is 5.66 Å². The molecule has 29 heavy (non-hydrogen) atoms. The first-order valence-corrected chi connectivity index (χ1v) is 11.3. The summed E-state index contributed by atoms with van der Waals surface area (Å²) in [6.07, 6.45) is 4.51. The first-order valence-electron chi connectivity index (χ1n) is 10.5. The quantitative estimate of drug-likeness (QED) is 0.716. The number of rotatable bonds is 3. The van der Waals surface area contributed by atoms with Gasteiger partial charge < -0.3 is 16.0 Å². The maximum atomic E-state index is 13.0. The maximum Gasteiger partial charge on any atom is 0.255 e. The highest BCUT2D eigenvalue weighted by molar-refractivity contribution is 7.15. The zero-order valence-electron chi connectivity index (χ0n) is 16.7. The lowest BCUT2D eigenvalue weighted by atomic mass is 9.58. The standard InChI is InChI=1S/C22H26N4O2S/c1-3-17-12(2)29-21(23-17)24-19(27)16-10-14-9-8-13(16)11-22(14)25-18-7-5-4-6-15(18)20(28)26-22/h4-7,13-14,16,25H,3,8-11H2,1-2H3,(H,26,28)(H,23,24,27)/t13?,14?,16?,22-/m1/s1. The number of nitrogens with one attached hydrogen (secondary N) is 3. The Morgan fingerprint density at radius 2 is 2.14 bits per heavy atom. The molecule has 7 heteroatoms. The molecule has 3 N–H and O–H groups in total. The van der Waals surface area contributed by atoms with Gasteiger partial charge in [0.25, 0.3) is 5.91 Å². The van der Waals surface area contributed by atoms with Crippen LogP contribution in [0.1, 0.15) is 53.5 Å². The minimum absolute atomic E-state index is 0.0155. The number of hydrogen-bond acceptors (Lipinski definition) is 5. The van der Waals surface area contributed by atoms with Gasteiger partial charge in [0, 0.05) is 22.4 Å². The zero-order chi connectivity index (χ0) is 20.2. The maximum absolute atomic E-state index is 13.0. The predicted octanol–water partition coefficient (Wildman–Crippen LogP) is 3.94. The van der Waals surface area contributed by atoms with Crippen LogP contribution in [0.2, 0.25) is 0 Å². The first-order chi connectivity index (χ1) is 14.0. The van der Waals surface area contributed by atoms with Crippen molar-refractivity contribution in [2.75, 3.05) is 10.6 Å². The number of anilines is 2. The van der Waals surface area contributed by atoms with Crippen molar-refractivity contribution in [3.05, 3.63) is 40.4 Å². The molecule has 4 aliphatic rings. The molecule has 3 unspecified atom stereocenters. The number of hydrogen-bond donors (Lipinski definition) is 3. The molecular weight excluding hydrogens is 384 g/mol. The molecule has 1 aliphatic heterocycles. The molecule has 2 heterocycles. The molecule has 1 spiro atoms. The minimum atomic E-state index is -0.432. The molecule has 1 aromatic heterocycles. The summed E-state index contributed by atoms with van der Waals surface area (Å²) in [6.45, 7) is 4.13. The van der Waals surface area contributed by atoms with E-state index in [1.54, 1.807) is 11.3 Å². The van der Waals surface area contributed by atoms with E-state index in [0.717, 1.165) is 43.5 Å². The molecule has 0 saturated heterocycles. The number of amides is 2. The van der Waals surface area contributed by atoms with E-state index in [1.165, 1.54) is 4.88 Å². The molecule has 1 aromatic carbocycles. The highest BCUT2D eigenvalue weighted by Crippen LogP contribution is 2.52. The third kappa shape index (κ3) is 3.03. The predicted molar refractivity (Wildman–Crippen MR) is 114 cm³/mol. The second-order valence-corrected chi connectivity index (χ2v) is 9.74. The van der Waals surface area contributed by atoms with Gasteiger partial charge in [-0.1, -0.05) is 19.1 Å². The summed E-state index contributed by atoms with van der Waals surface area (Å²) < 4.78 is 0. The van der Waals surface area contributed by atoms with E-state index in [0.29, 0.717) is 10.7 Å². The summed E-state index contributed by atoms with van der Waals surface area (Å²) in [5.74, 6) is 0.533. The Hall–Kier alpha value is -2.41. The lowest BCUT2D eigenvalue weighted by Crippen LogP contribution is -2.67. The fraction of sp³-hybridized carbons (Fsp3) is 0.500. The van der Waals surface area contributed by atoms with Crippen LogP contribution in [-0.2, 0) is 11.2 Å². The second kappa shape index (κ2) is 6.83. The third-order valence-electron chi connectivity index (χ3n) is 6.93. The molecule has 4 atom stereocenters. The Morgan fingerprint density at radius 3 is 2.86 bits per heavy atom. The fourth-order valence-electron chi connectivity index (χ4n) is 5.47. The molecule has 6 rings (SSSR count). The molecule has 2 bridgehead atoms. The van der Waals surface area contributed by atoms with Crippen LogP contribution in [0, 0.1) is 24.7 Å². The van der Waals surface area contributed by atoms with E-state index in [9.17, 15) is 9.59 Å². The number of aromatic nitrogens is 1. The first kappa shape index (κ1) is 18.6. The lowest BCUT2D eigenvalue weighted by Gasteiger charge is -2.56. The van der Waals surface area contributed by atoms with E-state index in [4.69, 9.17) is 0 Å². The highest BCUT2D eigenvalue weighted by atomic mass is 32.1. The van der Waals surface area contributed by atoms with Crippen molar-refractivity contribution in [2.24, 2.45) is 17.8 Å². The van der Waals surface area contributed by atoms with Crippen LogP contribution in [-0.4, -0.2) is 22.5 Å². The Balaban J connectivity index is 1.34. The summed E-state index contributed by atoms with van der Waals surface area (Å²) >= 11 is 1.55. The van der Waals surface area contributed by atoms with Crippen molar-refractivity contribution < 1.29 is 9.59 Å². The van der Waals surface area contributed by atoms with Crippen molar-refractivity contribution in [1.29, 1.82) is 0 Å². The third-order valence-corrected chi connectivity index (χ3v) is 7.86. The van der Waals surface area contributed by atoms with Crippen molar-refractivity contribution in [3.8, 4) is 0 Å². The van der Waals surface area contributed by atoms with Crippen LogP contribution in [0.25, 0.3) is 0 Å². The van der Waals surface area contributed by atoms with Gasteiger partial charge in [-0.2, -0.15) is 0 Å². The Labute approximate surface area is 174 Å². The van der Waals surface area contributed by atoms with Crippen molar-refractivity contribution in [2.45, 2.75) is 51.6 Å². The van der Waals surface area contributed by atoms with E-state index >= 15 is 0 Å². The summed E-state index contributed by atoms with van der Waals surface area (Å²) in [5, 5.41) is 10.7. The molecular formula is C22H26N4O2S. The molecule has 6 nitrogen and oxygen atoms in total. The number of benzene rings is 1. The number of fused-ring (bicyclic) bond motifs is 3. The van der Waals surface area contributed by atoms with Crippen LogP contribution in [0.3, 0.4) is 0 Å². The average molecular weight is 411 g/mol. The lowest BCUT2D eigenvalue weighted by molar-refractivity contribution is -0.126. The Bertz CT molecular complexity index is 987. The molecule has 3 fully saturated rings. The summed E-state index contributed by atoms with van der Waals surface area (Å²) in [7, 11) is 0. The van der Waals surface area contributed by atoms with Gasteiger partial charge in [-0.15, -0.1) is 11.3 Å². The smallest absolute Gasteiger partial charge is 0.255 e. The van der Waals surface area contributed by atoms with Crippen molar-refractivity contribution in [3.63, 3.8) is 0 Å². The second-order valence-electron chi connectivity index (χ2n) is 8.54. The SMILES string of the molecule is CCc1nc(NC(=O)C2CC3CCC2C[C@@]32NC(=O)c3ccccc3N2)sc1C. The van der Waals surface area contributed by atoms with Gasteiger partial charge >= 0.3 is 0 Å². The van der Waals surface area contributed by atoms with E-state index in [-0.39, 0.29) is 29.6 Å². The number of aryl methyl sites for hydroxylation is 2. The van der Waals surface area contributed by atoms with Crippen molar-refractivity contribution >= 4 is 34.0 Å². The topological polar surface area (TPSA) is 83.1 Å². The zero-order valence-corrected chi connectivity index (χ0v) is 17.6. The van der Waals surface area contributed by atoms with Crippen LogP contribution in [0.5, 0.6) is 0 Å². The van der Waals surface area contributed by atoms with Gasteiger partial charge in [-0.3, -0.25) is 9.59 Å². The Kier molecular flexibility index (Phi) is 4.38. The van der Waals surface area contributed by atoms with E-state index in [2.05, 4.69) is 27.9 Å². The van der Waals surface area contributed by atoms with Gasteiger partial charge in [0.2, 0.25) is 5.91 Å². The number of thiazole rings is 1. The molecule has 3 aliphatic carbocycles. The number of para-hydroxylation sites is 1. The average Bonchev–Trinajstić information content (AvgIpc) is 3.07. The fourth-order valence-corrected chi connectivity index (χ4v) is 6.38. The molecule has 3 saturated carbocycles. The van der Waals surface area contributed by atoms with Crippen LogP contribution in [0.4, 0.5) is 10.8 Å². The van der Waals surface area contributed by atoms with E-state index in [1.807, 2.05) is 31.2 Å². The number of carbonyl (C=O) groups excluding carboxylic acids is 2. The number of nitrogens with zero attached hydrogens (tertiary/aromatic N) is 1. The minimum Gasteiger partial charge on any atom is -0.362 e. The van der Waals surface area contributed by atoms with Gasteiger partial charge in [-0.05, 0) is 57.1 Å². The summed E-state index contributed by atoms with van der Waals surface area (Å²) in [6, 6.07) is 7.66. The van der Waals surface area contributed by atoms with Crippen molar-refractivity contribution in [1.82, 2.24) is 10.3 Å². The van der Waals surface area contributed by atoms with Gasteiger partial charge in [0.05, 0.1) is 11.3 Å². The van der Waals surface area contributed by atoms with Crippen LogP contribution >= 0.6 is 11.3 Å². The van der Waals surface area contributed by atoms with Crippen LogP contribution < -0.4 is 16.0 Å². The summed E-state index contributed by atoms with van der Waals surface area (Å²) in [5.41, 5.74) is 2.22. The molecule has 152 valence electrons. The monoisotopic (exact) mass is 410 g/mol. The van der Waals surface area contributed by atoms with Gasteiger partial charge in [-0.25, -0.2) is 4.98 Å². The summed E-state index contributed by atoms with van der Waals surface area (Å²) in [4.78, 5) is 31.5. The normalized spacial score (nSPS) is 29.9. The molecule has 2 amide bonds. The molecule has 0 radical (unpaired) electrons. The van der Waals surface area contributed by atoms with E-state index < -0.39 is 5.66 Å². The highest BCUT2D eigenvalue weighted by Gasteiger charge is 2.55. The molecule has 2 aromatic rings. The largest absolute Gasteiger partial charge is 0.362 e. The number of carbonyl (C=O) groups is 2.